The number of sulfone groups is 1. The Labute approximate surface area is 174 Å². The van der Waals surface area contributed by atoms with Crippen LogP contribution in [-0.2, 0) is 22.9 Å². The van der Waals surface area contributed by atoms with Crippen molar-refractivity contribution in [2.24, 2.45) is 0 Å². The average Bonchev–Trinajstić information content (AvgIpc) is 3.25. The number of aryl methyl sites for hydroxylation is 1. The van der Waals surface area contributed by atoms with Crippen LogP contribution in [0.3, 0.4) is 0 Å². The number of hydrogen-bond acceptors (Lipinski definition) is 5. The largest absolute Gasteiger partial charge is 0.392 e. The van der Waals surface area contributed by atoms with Crippen LogP contribution in [-0.4, -0.2) is 28.7 Å². The van der Waals surface area contributed by atoms with Crippen LogP contribution in [0.1, 0.15) is 27.9 Å². The van der Waals surface area contributed by atoms with Gasteiger partial charge in [-0.1, -0.05) is 24.3 Å². The second-order valence-corrected chi connectivity index (χ2v) is 8.93. The van der Waals surface area contributed by atoms with Crippen LogP contribution in [0, 0.1) is 0 Å². The molecule has 0 radical (unpaired) electrons. The summed E-state index contributed by atoms with van der Waals surface area (Å²) in [5.41, 5.74) is 2.95. The van der Waals surface area contributed by atoms with E-state index in [1.807, 2.05) is 0 Å². The minimum absolute atomic E-state index is 0.0197. The molecule has 6 nitrogen and oxygen atoms in total. The van der Waals surface area contributed by atoms with Gasteiger partial charge < -0.3 is 9.51 Å². The number of aromatic nitrogens is 2. The molecular formula is C23H20N2O4S. The number of aliphatic hydroxyl groups is 1. The van der Waals surface area contributed by atoms with E-state index in [0.29, 0.717) is 24.0 Å². The zero-order valence-corrected chi connectivity index (χ0v) is 16.9. The number of carbonyl (C=O) groups excluding carboxylic acids is 1. The lowest BCUT2D eigenvalue weighted by molar-refractivity contribution is 0.0982. The third-order valence-electron chi connectivity index (χ3n) is 5.00. The summed E-state index contributed by atoms with van der Waals surface area (Å²) in [6.45, 7) is -0.135. The lowest BCUT2D eigenvalue weighted by Gasteiger charge is -2.07. The molecule has 2 aromatic carbocycles. The van der Waals surface area contributed by atoms with Gasteiger partial charge in [-0.3, -0.25) is 4.79 Å². The molecule has 2 heterocycles. The Morgan fingerprint density at radius 1 is 0.900 bits per heavy atom. The molecule has 0 fully saturated rings. The summed E-state index contributed by atoms with van der Waals surface area (Å²) in [6, 6.07) is 16.3. The van der Waals surface area contributed by atoms with Crippen molar-refractivity contribution in [1.82, 2.24) is 9.38 Å². The smallest absolute Gasteiger partial charge is 0.206 e. The number of nitrogens with zero attached hydrogens (tertiary/aromatic N) is 2. The molecule has 0 aliphatic heterocycles. The van der Waals surface area contributed by atoms with E-state index in [4.69, 9.17) is 5.11 Å². The van der Waals surface area contributed by atoms with Gasteiger partial charge in [-0.25, -0.2) is 13.4 Å². The Kier molecular flexibility index (Phi) is 5.48. The summed E-state index contributed by atoms with van der Waals surface area (Å²) in [4.78, 5) is 17.0. The standard InChI is InChI=1S/C23H20N2O4S/c26-16-18-3-9-21(10-4-18)30(28,29)20-7-1-17(2-8-20)5-11-22(27)19-6-12-23-24-13-14-25(23)15-19/h1-4,6-10,12-15,26H,5,11,16H2. The Hall–Kier alpha value is -3.29. The van der Waals surface area contributed by atoms with Gasteiger partial charge in [-0.05, 0) is 53.9 Å². The molecule has 4 aromatic rings. The molecule has 0 bridgehead atoms. The van der Waals surface area contributed by atoms with Gasteiger partial charge in [-0.15, -0.1) is 0 Å². The summed E-state index contributed by atoms with van der Waals surface area (Å²) in [5, 5.41) is 9.10. The lowest BCUT2D eigenvalue weighted by atomic mass is 10.0. The molecule has 4 rings (SSSR count). The normalized spacial score (nSPS) is 11.6. The first-order valence-corrected chi connectivity index (χ1v) is 11.0. The third-order valence-corrected chi connectivity index (χ3v) is 6.79. The summed E-state index contributed by atoms with van der Waals surface area (Å²) >= 11 is 0. The third kappa shape index (κ3) is 4.03. The molecule has 0 aliphatic rings. The van der Waals surface area contributed by atoms with Gasteiger partial charge in [0, 0.05) is 30.6 Å². The highest BCUT2D eigenvalue weighted by atomic mass is 32.2. The summed E-state index contributed by atoms with van der Waals surface area (Å²) in [5.74, 6) is 0.0197. The maximum Gasteiger partial charge on any atom is 0.206 e. The number of fused-ring (bicyclic) bond motifs is 1. The highest BCUT2D eigenvalue weighted by Crippen LogP contribution is 2.22. The van der Waals surface area contributed by atoms with Crippen molar-refractivity contribution in [3.63, 3.8) is 0 Å². The van der Waals surface area contributed by atoms with Crippen molar-refractivity contribution in [2.45, 2.75) is 29.2 Å². The number of rotatable bonds is 7. The van der Waals surface area contributed by atoms with Gasteiger partial charge in [0.1, 0.15) is 5.65 Å². The number of ketones is 1. The van der Waals surface area contributed by atoms with Gasteiger partial charge >= 0.3 is 0 Å². The fraction of sp³-hybridized carbons (Fsp3) is 0.130. The molecular weight excluding hydrogens is 400 g/mol. The van der Waals surface area contributed by atoms with E-state index in [2.05, 4.69) is 4.98 Å². The Balaban J connectivity index is 1.44. The molecule has 0 aliphatic carbocycles. The summed E-state index contributed by atoms with van der Waals surface area (Å²) < 4.78 is 27.3. The van der Waals surface area contributed by atoms with Crippen LogP contribution < -0.4 is 0 Å². The fourth-order valence-electron chi connectivity index (χ4n) is 3.23. The number of Topliss-reactive ketones (excluding diaryl/α,β-unsaturated/α-hetero) is 1. The molecule has 1 N–H and O–H groups in total. The first-order valence-electron chi connectivity index (χ1n) is 9.47. The minimum atomic E-state index is -3.63. The van der Waals surface area contributed by atoms with E-state index in [1.165, 1.54) is 12.1 Å². The topological polar surface area (TPSA) is 88.7 Å². The summed E-state index contributed by atoms with van der Waals surface area (Å²) in [7, 11) is -3.63. The van der Waals surface area contributed by atoms with Crippen LogP contribution >= 0.6 is 0 Å². The molecule has 2 aromatic heterocycles. The van der Waals surface area contributed by atoms with Crippen molar-refractivity contribution < 1.29 is 18.3 Å². The van der Waals surface area contributed by atoms with Crippen molar-refractivity contribution in [1.29, 1.82) is 0 Å². The van der Waals surface area contributed by atoms with Gasteiger partial charge in [0.25, 0.3) is 0 Å². The second-order valence-electron chi connectivity index (χ2n) is 6.98. The van der Waals surface area contributed by atoms with Crippen molar-refractivity contribution in [2.75, 3.05) is 0 Å². The zero-order chi connectivity index (χ0) is 21.1. The quantitative estimate of drug-likeness (QED) is 0.463. The number of aliphatic hydroxyl groups excluding tert-OH is 1. The summed E-state index contributed by atoms with van der Waals surface area (Å²) in [6.07, 6.45) is 6.09. The molecule has 0 atom stereocenters. The van der Waals surface area contributed by atoms with E-state index in [0.717, 1.165) is 11.2 Å². The van der Waals surface area contributed by atoms with E-state index in [-0.39, 0.29) is 22.2 Å². The molecule has 0 spiro atoms. The maximum atomic E-state index is 12.8. The number of benzene rings is 2. The number of hydrogen-bond donors (Lipinski definition) is 1. The highest BCUT2D eigenvalue weighted by Gasteiger charge is 2.17. The van der Waals surface area contributed by atoms with E-state index in [9.17, 15) is 13.2 Å². The van der Waals surface area contributed by atoms with Crippen molar-refractivity contribution in [3.8, 4) is 0 Å². The Morgan fingerprint density at radius 3 is 2.17 bits per heavy atom. The van der Waals surface area contributed by atoms with E-state index < -0.39 is 9.84 Å². The van der Waals surface area contributed by atoms with Gasteiger partial charge in [0.05, 0.1) is 16.4 Å². The first-order chi connectivity index (χ1) is 14.5. The number of imidazole rings is 1. The predicted molar refractivity (Wildman–Crippen MR) is 112 cm³/mol. The van der Waals surface area contributed by atoms with Crippen LogP contribution in [0.5, 0.6) is 0 Å². The molecule has 0 amide bonds. The van der Waals surface area contributed by atoms with Gasteiger partial charge in [0.2, 0.25) is 9.84 Å². The van der Waals surface area contributed by atoms with Crippen LogP contribution in [0.4, 0.5) is 0 Å². The SMILES string of the molecule is O=C(CCc1ccc(S(=O)(=O)c2ccc(CO)cc2)cc1)c1ccc2nccn2c1. The first kappa shape index (κ1) is 20.0. The highest BCUT2D eigenvalue weighted by molar-refractivity contribution is 7.91. The van der Waals surface area contributed by atoms with E-state index >= 15 is 0 Å². The molecule has 7 heteroatoms. The lowest BCUT2D eigenvalue weighted by Crippen LogP contribution is -2.04. The molecule has 0 saturated carbocycles. The van der Waals surface area contributed by atoms with Gasteiger partial charge in [-0.2, -0.15) is 0 Å². The van der Waals surface area contributed by atoms with Gasteiger partial charge in [0.15, 0.2) is 5.78 Å². The predicted octanol–water partition coefficient (Wildman–Crippen LogP) is 3.47. The van der Waals surface area contributed by atoms with Crippen molar-refractivity contribution >= 4 is 21.3 Å². The maximum absolute atomic E-state index is 12.8. The van der Waals surface area contributed by atoms with Crippen LogP contribution in [0.2, 0.25) is 0 Å². The van der Waals surface area contributed by atoms with E-state index in [1.54, 1.807) is 71.5 Å². The number of pyridine rings is 1. The molecule has 0 unspecified atom stereocenters. The zero-order valence-electron chi connectivity index (χ0n) is 16.1. The van der Waals surface area contributed by atoms with Crippen molar-refractivity contribution in [3.05, 3.63) is 95.9 Å². The monoisotopic (exact) mass is 420 g/mol. The second kappa shape index (κ2) is 8.22. The molecule has 30 heavy (non-hydrogen) atoms. The number of carbonyl (C=O) groups is 1. The average molecular weight is 420 g/mol. The molecule has 152 valence electrons. The molecule has 0 saturated heterocycles. The minimum Gasteiger partial charge on any atom is -0.392 e. The Morgan fingerprint density at radius 2 is 1.53 bits per heavy atom. The van der Waals surface area contributed by atoms with Crippen LogP contribution in [0.25, 0.3) is 5.65 Å². The fourth-order valence-corrected chi connectivity index (χ4v) is 4.49. The Bertz CT molecular complexity index is 1290. The van der Waals surface area contributed by atoms with Crippen LogP contribution in [0.15, 0.2) is 89.0 Å².